The predicted octanol–water partition coefficient (Wildman–Crippen LogP) is 2.45. The van der Waals surface area contributed by atoms with E-state index >= 15 is 0 Å². The van der Waals surface area contributed by atoms with Gasteiger partial charge in [0.15, 0.2) is 0 Å². The van der Waals surface area contributed by atoms with Crippen LogP contribution in [-0.4, -0.2) is 11.9 Å². The maximum atomic E-state index is 11.7. The molecule has 0 saturated carbocycles. The van der Waals surface area contributed by atoms with Crippen LogP contribution in [0.4, 0.5) is 0 Å². The fourth-order valence-electron chi connectivity index (χ4n) is 1.97. The Bertz CT molecular complexity index is 370. The first-order valence-corrected chi connectivity index (χ1v) is 5.84. The molecule has 1 unspecified atom stereocenters. The number of hydrogen-bond acceptors (Lipinski definition) is 1. The molecule has 0 aromatic heterocycles. The van der Waals surface area contributed by atoms with Crippen molar-refractivity contribution >= 4 is 5.91 Å². The molecule has 2 rings (SSSR count). The van der Waals surface area contributed by atoms with E-state index in [0.29, 0.717) is 6.42 Å². The maximum Gasteiger partial charge on any atom is 0.224 e. The summed E-state index contributed by atoms with van der Waals surface area (Å²) in [7, 11) is 0. The van der Waals surface area contributed by atoms with Gasteiger partial charge in [-0.15, -0.1) is 0 Å². The SMILES string of the molecule is O=C(Cc1ccccc1)NC1C=CCCC1. The summed E-state index contributed by atoms with van der Waals surface area (Å²) in [5.74, 6) is 0.114. The van der Waals surface area contributed by atoms with E-state index < -0.39 is 0 Å². The highest BCUT2D eigenvalue weighted by Gasteiger charge is 2.11. The van der Waals surface area contributed by atoms with E-state index in [1.165, 1.54) is 6.42 Å². The molecule has 1 aromatic rings. The van der Waals surface area contributed by atoms with Crippen LogP contribution in [0.5, 0.6) is 0 Å². The predicted molar refractivity (Wildman–Crippen MR) is 65.1 cm³/mol. The second-order valence-electron chi connectivity index (χ2n) is 4.20. The first-order valence-electron chi connectivity index (χ1n) is 5.84. The second-order valence-corrected chi connectivity index (χ2v) is 4.20. The first-order chi connectivity index (χ1) is 7.84. The van der Waals surface area contributed by atoms with Gasteiger partial charge < -0.3 is 5.32 Å². The smallest absolute Gasteiger partial charge is 0.224 e. The molecule has 1 atom stereocenters. The highest BCUT2D eigenvalue weighted by atomic mass is 16.1. The summed E-state index contributed by atoms with van der Waals surface area (Å²) < 4.78 is 0. The molecule has 0 fully saturated rings. The quantitative estimate of drug-likeness (QED) is 0.771. The summed E-state index contributed by atoms with van der Waals surface area (Å²) in [4.78, 5) is 11.7. The van der Waals surface area contributed by atoms with Gasteiger partial charge in [0.2, 0.25) is 5.91 Å². The van der Waals surface area contributed by atoms with E-state index in [9.17, 15) is 4.79 Å². The molecule has 0 saturated heterocycles. The lowest BCUT2D eigenvalue weighted by molar-refractivity contribution is -0.120. The second kappa shape index (κ2) is 5.50. The minimum atomic E-state index is 0.114. The number of allylic oxidation sites excluding steroid dienone is 1. The standard InChI is InChI=1S/C14H17NO/c16-14(11-12-7-3-1-4-8-12)15-13-9-5-2-6-10-13/h1,3-5,7-9,13H,2,6,10-11H2,(H,15,16). The number of rotatable bonds is 3. The lowest BCUT2D eigenvalue weighted by atomic mass is 10.0. The van der Waals surface area contributed by atoms with Crippen molar-refractivity contribution in [3.8, 4) is 0 Å². The molecular formula is C14H17NO. The van der Waals surface area contributed by atoms with Crippen molar-refractivity contribution in [3.05, 3.63) is 48.0 Å². The fraction of sp³-hybridized carbons (Fsp3) is 0.357. The summed E-state index contributed by atoms with van der Waals surface area (Å²) >= 11 is 0. The lowest BCUT2D eigenvalue weighted by Gasteiger charge is -2.17. The minimum absolute atomic E-state index is 0.114. The Morgan fingerprint density at radius 3 is 2.81 bits per heavy atom. The number of carbonyl (C=O) groups is 1. The summed E-state index contributed by atoms with van der Waals surface area (Å²) in [5.41, 5.74) is 1.07. The summed E-state index contributed by atoms with van der Waals surface area (Å²) in [6.45, 7) is 0. The Morgan fingerprint density at radius 2 is 2.12 bits per heavy atom. The van der Waals surface area contributed by atoms with Gasteiger partial charge in [-0.3, -0.25) is 4.79 Å². The molecule has 0 spiro atoms. The fourth-order valence-corrected chi connectivity index (χ4v) is 1.97. The molecule has 1 N–H and O–H groups in total. The van der Waals surface area contributed by atoms with Crippen LogP contribution in [0.2, 0.25) is 0 Å². The normalized spacial score (nSPS) is 19.4. The van der Waals surface area contributed by atoms with Gasteiger partial charge in [-0.25, -0.2) is 0 Å². The highest BCUT2D eigenvalue weighted by molar-refractivity contribution is 5.79. The zero-order valence-corrected chi connectivity index (χ0v) is 9.36. The van der Waals surface area contributed by atoms with Crippen molar-refractivity contribution in [2.75, 3.05) is 0 Å². The summed E-state index contributed by atoms with van der Waals surface area (Å²) in [6.07, 6.45) is 8.11. The van der Waals surface area contributed by atoms with Crippen LogP contribution in [0.3, 0.4) is 0 Å². The zero-order chi connectivity index (χ0) is 11.2. The zero-order valence-electron chi connectivity index (χ0n) is 9.36. The average molecular weight is 215 g/mol. The molecule has 1 amide bonds. The average Bonchev–Trinajstić information content (AvgIpc) is 2.31. The summed E-state index contributed by atoms with van der Waals surface area (Å²) in [6, 6.07) is 10.1. The Labute approximate surface area is 96.4 Å². The molecular weight excluding hydrogens is 198 g/mol. The Balaban J connectivity index is 1.84. The van der Waals surface area contributed by atoms with Gasteiger partial charge in [0.25, 0.3) is 0 Å². The van der Waals surface area contributed by atoms with Crippen molar-refractivity contribution < 1.29 is 4.79 Å². The Morgan fingerprint density at radius 1 is 1.31 bits per heavy atom. The van der Waals surface area contributed by atoms with Crippen LogP contribution < -0.4 is 5.32 Å². The van der Waals surface area contributed by atoms with E-state index in [2.05, 4.69) is 17.5 Å². The van der Waals surface area contributed by atoms with Crippen molar-refractivity contribution in [1.82, 2.24) is 5.32 Å². The topological polar surface area (TPSA) is 29.1 Å². The Hall–Kier alpha value is -1.57. The van der Waals surface area contributed by atoms with E-state index in [4.69, 9.17) is 0 Å². The third-order valence-electron chi connectivity index (χ3n) is 2.81. The lowest BCUT2D eigenvalue weighted by Crippen LogP contribution is -2.35. The van der Waals surface area contributed by atoms with Gasteiger partial charge in [-0.05, 0) is 24.8 Å². The molecule has 0 radical (unpaired) electrons. The van der Waals surface area contributed by atoms with Crippen molar-refractivity contribution in [2.45, 2.75) is 31.7 Å². The number of carbonyl (C=O) groups excluding carboxylic acids is 1. The van der Waals surface area contributed by atoms with Crippen LogP contribution in [0.1, 0.15) is 24.8 Å². The van der Waals surface area contributed by atoms with Gasteiger partial charge in [0.05, 0.1) is 6.42 Å². The van der Waals surface area contributed by atoms with Gasteiger partial charge in [0, 0.05) is 6.04 Å². The van der Waals surface area contributed by atoms with E-state index in [0.717, 1.165) is 18.4 Å². The van der Waals surface area contributed by atoms with Crippen LogP contribution in [-0.2, 0) is 11.2 Å². The van der Waals surface area contributed by atoms with Crippen LogP contribution in [0.15, 0.2) is 42.5 Å². The van der Waals surface area contributed by atoms with E-state index in [1.807, 2.05) is 30.3 Å². The van der Waals surface area contributed by atoms with Crippen LogP contribution in [0.25, 0.3) is 0 Å². The molecule has 84 valence electrons. The number of benzene rings is 1. The molecule has 2 nitrogen and oxygen atoms in total. The van der Waals surface area contributed by atoms with Crippen molar-refractivity contribution in [3.63, 3.8) is 0 Å². The third kappa shape index (κ3) is 3.23. The molecule has 0 heterocycles. The number of amides is 1. The molecule has 2 heteroatoms. The van der Waals surface area contributed by atoms with Gasteiger partial charge in [-0.2, -0.15) is 0 Å². The largest absolute Gasteiger partial charge is 0.350 e. The number of hydrogen-bond donors (Lipinski definition) is 1. The summed E-state index contributed by atoms with van der Waals surface area (Å²) in [5, 5.41) is 3.04. The third-order valence-corrected chi connectivity index (χ3v) is 2.81. The van der Waals surface area contributed by atoms with Crippen molar-refractivity contribution in [2.24, 2.45) is 0 Å². The van der Waals surface area contributed by atoms with Gasteiger partial charge in [0.1, 0.15) is 0 Å². The van der Waals surface area contributed by atoms with Crippen LogP contribution >= 0.6 is 0 Å². The first kappa shape index (κ1) is 10.9. The van der Waals surface area contributed by atoms with Crippen LogP contribution in [0, 0.1) is 0 Å². The van der Waals surface area contributed by atoms with Crippen molar-refractivity contribution in [1.29, 1.82) is 0 Å². The molecule has 0 bridgehead atoms. The molecule has 0 aliphatic heterocycles. The van der Waals surface area contributed by atoms with E-state index in [-0.39, 0.29) is 11.9 Å². The monoisotopic (exact) mass is 215 g/mol. The molecule has 1 aliphatic rings. The Kier molecular flexibility index (Phi) is 3.76. The van der Waals surface area contributed by atoms with Gasteiger partial charge in [-0.1, -0.05) is 42.5 Å². The number of nitrogens with one attached hydrogen (secondary N) is 1. The highest BCUT2D eigenvalue weighted by Crippen LogP contribution is 2.10. The minimum Gasteiger partial charge on any atom is -0.350 e. The molecule has 1 aromatic carbocycles. The van der Waals surface area contributed by atoms with Gasteiger partial charge >= 0.3 is 0 Å². The molecule has 16 heavy (non-hydrogen) atoms. The maximum absolute atomic E-state index is 11.7. The van der Waals surface area contributed by atoms with E-state index in [1.54, 1.807) is 0 Å². The molecule has 1 aliphatic carbocycles.